The summed E-state index contributed by atoms with van der Waals surface area (Å²) >= 11 is 0. The lowest BCUT2D eigenvalue weighted by atomic mass is 9.69. The first-order chi connectivity index (χ1) is 13.6. The number of unbranched alkanes of at least 4 members (excludes halogenated alkanes) is 4. The SMILES string of the molecule is CCCCCCCC1(C#N)CCC(C(=O)Oc2ccc(OCCC)cc2)CC1. The lowest BCUT2D eigenvalue weighted by Crippen LogP contribution is -2.31. The molecule has 0 atom stereocenters. The van der Waals surface area contributed by atoms with Crippen LogP contribution in [0.4, 0.5) is 0 Å². The van der Waals surface area contributed by atoms with Crippen LogP contribution in [0.1, 0.15) is 84.5 Å². The molecular weight excluding hydrogens is 350 g/mol. The molecule has 0 aliphatic heterocycles. The predicted molar refractivity (Wildman–Crippen MR) is 111 cm³/mol. The van der Waals surface area contributed by atoms with E-state index in [0.717, 1.165) is 50.7 Å². The third-order valence-electron chi connectivity index (χ3n) is 5.79. The van der Waals surface area contributed by atoms with E-state index in [4.69, 9.17) is 9.47 Å². The van der Waals surface area contributed by atoms with E-state index in [-0.39, 0.29) is 17.3 Å². The van der Waals surface area contributed by atoms with Crippen molar-refractivity contribution in [1.29, 1.82) is 5.26 Å². The third kappa shape index (κ3) is 6.86. The second-order valence-electron chi connectivity index (χ2n) is 8.07. The number of esters is 1. The fourth-order valence-electron chi connectivity index (χ4n) is 3.91. The maximum Gasteiger partial charge on any atom is 0.314 e. The Morgan fingerprint density at radius 3 is 2.29 bits per heavy atom. The van der Waals surface area contributed by atoms with E-state index in [9.17, 15) is 10.1 Å². The average Bonchev–Trinajstić information content (AvgIpc) is 2.73. The molecule has 0 aromatic heterocycles. The first-order valence-electron chi connectivity index (χ1n) is 11.0. The van der Waals surface area contributed by atoms with Crippen molar-refractivity contribution in [2.75, 3.05) is 6.61 Å². The second kappa shape index (κ2) is 11.7. The zero-order valence-electron chi connectivity index (χ0n) is 17.5. The van der Waals surface area contributed by atoms with Gasteiger partial charge in [-0.15, -0.1) is 0 Å². The number of hydrogen-bond acceptors (Lipinski definition) is 4. The molecule has 2 rings (SSSR count). The van der Waals surface area contributed by atoms with Gasteiger partial charge in [0.1, 0.15) is 11.5 Å². The number of carbonyl (C=O) groups is 1. The summed E-state index contributed by atoms with van der Waals surface area (Å²) in [5.74, 6) is 1.08. The predicted octanol–water partition coefficient (Wildman–Crippen LogP) is 6.44. The number of carbonyl (C=O) groups excluding carboxylic acids is 1. The Morgan fingerprint density at radius 1 is 1.04 bits per heavy atom. The topological polar surface area (TPSA) is 59.3 Å². The molecule has 1 saturated carbocycles. The van der Waals surface area contributed by atoms with Gasteiger partial charge < -0.3 is 9.47 Å². The molecule has 0 saturated heterocycles. The van der Waals surface area contributed by atoms with E-state index in [0.29, 0.717) is 12.4 Å². The maximum absolute atomic E-state index is 12.5. The van der Waals surface area contributed by atoms with Crippen molar-refractivity contribution in [2.24, 2.45) is 11.3 Å². The van der Waals surface area contributed by atoms with Gasteiger partial charge in [-0.25, -0.2) is 0 Å². The molecule has 0 unspecified atom stereocenters. The third-order valence-corrected chi connectivity index (χ3v) is 5.79. The molecule has 1 fully saturated rings. The highest BCUT2D eigenvalue weighted by Gasteiger charge is 2.37. The van der Waals surface area contributed by atoms with Crippen LogP contribution >= 0.6 is 0 Å². The van der Waals surface area contributed by atoms with Crippen LogP contribution in [0.15, 0.2) is 24.3 Å². The van der Waals surface area contributed by atoms with Gasteiger partial charge in [-0.1, -0.05) is 46.0 Å². The minimum Gasteiger partial charge on any atom is -0.494 e. The zero-order chi connectivity index (χ0) is 20.2. The fourth-order valence-corrected chi connectivity index (χ4v) is 3.91. The summed E-state index contributed by atoms with van der Waals surface area (Å²) in [5.41, 5.74) is -0.235. The van der Waals surface area contributed by atoms with Crippen LogP contribution in [0.3, 0.4) is 0 Å². The van der Waals surface area contributed by atoms with E-state index in [2.05, 4.69) is 19.9 Å². The highest BCUT2D eigenvalue weighted by Crippen LogP contribution is 2.42. The van der Waals surface area contributed by atoms with Crippen LogP contribution in [0.5, 0.6) is 11.5 Å². The Bertz CT molecular complexity index is 624. The molecule has 0 spiro atoms. The molecule has 0 heterocycles. The van der Waals surface area contributed by atoms with Gasteiger partial charge in [0.15, 0.2) is 0 Å². The second-order valence-corrected chi connectivity index (χ2v) is 8.07. The van der Waals surface area contributed by atoms with Crippen LogP contribution in [-0.2, 0) is 4.79 Å². The van der Waals surface area contributed by atoms with Crippen LogP contribution in [0, 0.1) is 22.7 Å². The van der Waals surface area contributed by atoms with E-state index in [1.165, 1.54) is 25.7 Å². The van der Waals surface area contributed by atoms with Crippen LogP contribution < -0.4 is 9.47 Å². The Morgan fingerprint density at radius 2 is 1.68 bits per heavy atom. The Hall–Kier alpha value is -2.02. The smallest absolute Gasteiger partial charge is 0.314 e. The summed E-state index contributed by atoms with van der Waals surface area (Å²) in [5, 5.41) is 9.71. The minimum atomic E-state index is -0.235. The summed E-state index contributed by atoms with van der Waals surface area (Å²) in [6.07, 6.45) is 11.1. The Balaban J connectivity index is 1.78. The van der Waals surface area contributed by atoms with Crippen molar-refractivity contribution < 1.29 is 14.3 Å². The normalized spacial score (nSPS) is 21.7. The molecule has 4 nitrogen and oxygen atoms in total. The molecule has 1 aromatic carbocycles. The van der Waals surface area contributed by atoms with Crippen LogP contribution in [0.2, 0.25) is 0 Å². The number of benzene rings is 1. The molecule has 154 valence electrons. The first-order valence-corrected chi connectivity index (χ1v) is 11.0. The Kier molecular flexibility index (Phi) is 9.34. The van der Waals surface area contributed by atoms with E-state index in [1.807, 2.05) is 12.1 Å². The monoisotopic (exact) mass is 385 g/mol. The lowest BCUT2D eigenvalue weighted by Gasteiger charge is -2.34. The summed E-state index contributed by atoms with van der Waals surface area (Å²) in [6.45, 7) is 4.96. The van der Waals surface area contributed by atoms with Crippen molar-refractivity contribution in [1.82, 2.24) is 0 Å². The molecule has 1 aromatic rings. The number of rotatable bonds is 11. The molecule has 0 N–H and O–H groups in total. The lowest BCUT2D eigenvalue weighted by molar-refractivity contribution is -0.140. The van der Waals surface area contributed by atoms with E-state index >= 15 is 0 Å². The van der Waals surface area contributed by atoms with E-state index < -0.39 is 0 Å². The average molecular weight is 386 g/mol. The van der Waals surface area contributed by atoms with Crippen molar-refractivity contribution in [3.8, 4) is 17.6 Å². The van der Waals surface area contributed by atoms with Crippen molar-refractivity contribution >= 4 is 5.97 Å². The van der Waals surface area contributed by atoms with Gasteiger partial charge in [0, 0.05) is 0 Å². The van der Waals surface area contributed by atoms with Gasteiger partial charge in [-0.2, -0.15) is 5.26 Å². The summed E-state index contributed by atoms with van der Waals surface area (Å²) in [6, 6.07) is 9.80. The molecule has 0 amide bonds. The zero-order valence-corrected chi connectivity index (χ0v) is 17.5. The van der Waals surface area contributed by atoms with Gasteiger partial charge in [0.25, 0.3) is 0 Å². The molecule has 1 aliphatic carbocycles. The molecule has 4 heteroatoms. The minimum absolute atomic E-state index is 0.0995. The van der Waals surface area contributed by atoms with Crippen LogP contribution in [0.25, 0.3) is 0 Å². The summed E-state index contributed by atoms with van der Waals surface area (Å²) in [4.78, 5) is 12.5. The van der Waals surface area contributed by atoms with Gasteiger partial charge in [0.05, 0.1) is 24.0 Å². The Labute approximate surface area is 170 Å². The van der Waals surface area contributed by atoms with Gasteiger partial charge in [0.2, 0.25) is 0 Å². The molecular formula is C24H35NO3. The highest BCUT2D eigenvalue weighted by atomic mass is 16.5. The number of nitriles is 1. The summed E-state index contributed by atoms with van der Waals surface area (Å²) in [7, 11) is 0. The summed E-state index contributed by atoms with van der Waals surface area (Å²) < 4.78 is 11.1. The van der Waals surface area contributed by atoms with E-state index in [1.54, 1.807) is 12.1 Å². The fraction of sp³-hybridized carbons (Fsp3) is 0.667. The van der Waals surface area contributed by atoms with Crippen molar-refractivity contribution in [2.45, 2.75) is 84.5 Å². The maximum atomic E-state index is 12.5. The first kappa shape index (κ1) is 22.3. The highest BCUT2D eigenvalue weighted by molar-refractivity contribution is 5.75. The molecule has 1 aliphatic rings. The molecule has 0 radical (unpaired) electrons. The molecule has 0 bridgehead atoms. The van der Waals surface area contributed by atoms with Crippen molar-refractivity contribution in [3.63, 3.8) is 0 Å². The number of nitrogens with zero attached hydrogens (tertiary/aromatic N) is 1. The quantitative estimate of drug-likeness (QED) is 0.250. The number of hydrogen-bond donors (Lipinski definition) is 0. The number of ether oxygens (including phenoxy) is 2. The van der Waals surface area contributed by atoms with Crippen molar-refractivity contribution in [3.05, 3.63) is 24.3 Å². The molecule has 28 heavy (non-hydrogen) atoms. The van der Waals surface area contributed by atoms with Crippen LogP contribution in [-0.4, -0.2) is 12.6 Å². The van der Waals surface area contributed by atoms with Gasteiger partial charge >= 0.3 is 5.97 Å². The standard InChI is InChI=1S/C24H35NO3/c1-3-5-6-7-8-15-24(19-25)16-13-20(14-17-24)23(26)28-22-11-9-21(10-12-22)27-18-4-2/h9-12,20H,3-8,13-18H2,1-2H3. The van der Waals surface area contributed by atoms with Gasteiger partial charge in [-0.05, 0) is 62.8 Å². The van der Waals surface area contributed by atoms with Gasteiger partial charge in [-0.3, -0.25) is 4.79 Å². The largest absolute Gasteiger partial charge is 0.494 e.